The van der Waals surface area contributed by atoms with Crippen molar-refractivity contribution in [2.45, 2.75) is 11.0 Å². The second-order valence-electron chi connectivity index (χ2n) is 4.48. The molecule has 3 N–H and O–H groups in total. The summed E-state index contributed by atoms with van der Waals surface area (Å²) in [6.45, 7) is 0.665. The molecule has 0 aliphatic carbocycles. The van der Waals surface area contributed by atoms with Gasteiger partial charge in [-0.05, 0) is 0 Å². The summed E-state index contributed by atoms with van der Waals surface area (Å²) in [5.41, 5.74) is 6.21. The molecule has 2 aromatic rings. The Balaban J connectivity index is 1.86. The van der Waals surface area contributed by atoms with Gasteiger partial charge in [-0.25, -0.2) is 13.4 Å². The number of H-pyrrole nitrogens is 1. The Morgan fingerprint density at radius 2 is 2.19 bits per heavy atom. The van der Waals surface area contributed by atoms with Gasteiger partial charge in [0.2, 0.25) is 10.0 Å². The van der Waals surface area contributed by atoms with Gasteiger partial charge in [-0.15, -0.1) is 0 Å². The van der Waals surface area contributed by atoms with Crippen molar-refractivity contribution in [1.82, 2.24) is 24.5 Å². The topological polar surface area (TPSA) is 127 Å². The molecule has 3 heterocycles. The molecule has 1 fully saturated rings. The van der Waals surface area contributed by atoms with Crippen LogP contribution in [0.25, 0.3) is 0 Å². The Bertz CT molecular complexity index is 717. The van der Waals surface area contributed by atoms with Crippen molar-refractivity contribution < 1.29 is 13.2 Å². The zero-order valence-corrected chi connectivity index (χ0v) is 11.8. The fourth-order valence-electron chi connectivity index (χ4n) is 2.15. The molecule has 1 saturated heterocycles. The average Bonchev–Trinajstić information content (AvgIpc) is 3.03. The Kier molecular flexibility index (Phi) is 3.57. The van der Waals surface area contributed by atoms with E-state index in [9.17, 15) is 8.42 Å². The van der Waals surface area contributed by atoms with Gasteiger partial charge in [-0.2, -0.15) is 9.40 Å². The minimum absolute atomic E-state index is 0.121. The summed E-state index contributed by atoms with van der Waals surface area (Å²) in [6.07, 6.45) is 5.06. The van der Waals surface area contributed by atoms with E-state index in [2.05, 4.69) is 20.2 Å². The number of anilines is 1. The Morgan fingerprint density at radius 3 is 2.90 bits per heavy atom. The van der Waals surface area contributed by atoms with Crippen molar-refractivity contribution in [1.29, 1.82) is 0 Å². The highest BCUT2D eigenvalue weighted by atomic mass is 32.2. The Morgan fingerprint density at radius 1 is 1.38 bits per heavy atom. The van der Waals surface area contributed by atoms with Crippen LogP contribution in [0, 0.1) is 0 Å². The molecule has 1 unspecified atom stereocenters. The fourth-order valence-corrected chi connectivity index (χ4v) is 3.48. The molecule has 1 aliphatic heterocycles. The summed E-state index contributed by atoms with van der Waals surface area (Å²) < 4.78 is 31.8. The minimum atomic E-state index is -3.60. The third-order valence-electron chi connectivity index (χ3n) is 3.20. The van der Waals surface area contributed by atoms with Crippen LogP contribution in [0.1, 0.15) is 11.8 Å². The van der Waals surface area contributed by atoms with Crippen LogP contribution in [0.15, 0.2) is 29.7 Å². The third-order valence-corrected chi connectivity index (χ3v) is 5.03. The number of aromatic amines is 1. The maximum atomic E-state index is 12.5. The van der Waals surface area contributed by atoms with E-state index < -0.39 is 16.1 Å². The van der Waals surface area contributed by atoms with Gasteiger partial charge in [0.05, 0.1) is 12.8 Å². The molecular weight excluding hydrogens is 296 g/mol. The predicted octanol–water partition coefficient (Wildman–Crippen LogP) is -0.456. The average molecular weight is 310 g/mol. The number of nitrogen functional groups attached to an aromatic ring is 1. The van der Waals surface area contributed by atoms with Gasteiger partial charge in [-0.1, -0.05) is 0 Å². The second kappa shape index (κ2) is 5.39. The number of morpholine rings is 1. The zero-order valence-electron chi connectivity index (χ0n) is 11.0. The molecule has 1 aliphatic rings. The Hall–Kier alpha value is -2.04. The van der Waals surface area contributed by atoms with E-state index in [-0.39, 0.29) is 30.4 Å². The van der Waals surface area contributed by atoms with Gasteiger partial charge >= 0.3 is 0 Å². The van der Waals surface area contributed by atoms with Crippen LogP contribution >= 0.6 is 0 Å². The van der Waals surface area contributed by atoms with E-state index in [0.717, 1.165) is 0 Å². The molecule has 0 spiro atoms. The van der Waals surface area contributed by atoms with Crippen molar-refractivity contribution in [3.05, 3.63) is 30.5 Å². The van der Waals surface area contributed by atoms with E-state index in [1.165, 1.54) is 29.1 Å². The van der Waals surface area contributed by atoms with Crippen molar-refractivity contribution in [3.8, 4) is 0 Å². The molecular formula is C11H14N6O3S. The minimum Gasteiger partial charge on any atom is -0.382 e. The van der Waals surface area contributed by atoms with Crippen LogP contribution in [0.4, 0.5) is 5.82 Å². The summed E-state index contributed by atoms with van der Waals surface area (Å²) in [4.78, 5) is 8.19. The van der Waals surface area contributed by atoms with Crippen LogP contribution in [0.5, 0.6) is 0 Å². The standard InChI is InChI=1S/C11H14N6O3S/c12-11-10(13-1-2-14-11)9-7-17(3-4-20-9)21(18,19)8-5-15-16-6-8/h1-2,5-6,9H,3-4,7H2,(H2,12,14)(H,15,16). The summed E-state index contributed by atoms with van der Waals surface area (Å²) in [6, 6.07) is 0. The normalized spacial score (nSPS) is 20.5. The van der Waals surface area contributed by atoms with Crippen LogP contribution in [-0.2, 0) is 14.8 Å². The molecule has 0 saturated carbocycles. The van der Waals surface area contributed by atoms with Gasteiger partial charge in [0.1, 0.15) is 22.5 Å². The van der Waals surface area contributed by atoms with E-state index in [0.29, 0.717) is 5.69 Å². The van der Waals surface area contributed by atoms with Crippen LogP contribution in [0.2, 0.25) is 0 Å². The van der Waals surface area contributed by atoms with Crippen LogP contribution < -0.4 is 5.73 Å². The quantitative estimate of drug-likeness (QED) is 0.785. The summed E-state index contributed by atoms with van der Waals surface area (Å²) >= 11 is 0. The lowest BCUT2D eigenvalue weighted by Crippen LogP contribution is -2.42. The number of nitrogens with zero attached hydrogens (tertiary/aromatic N) is 4. The summed E-state index contributed by atoms with van der Waals surface area (Å²) in [5.74, 6) is 0.241. The first-order valence-electron chi connectivity index (χ1n) is 6.26. The first-order chi connectivity index (χ1) is 10.1. The van der Waals surface area contributed by atoms with E-state index in [1.807, 2.05) is 0 Å². The summed E-state index contributed by atoms with van der Waals surface area (Å²) in [7, 11) is -3.60. The predicted molar refractivity (Wildman–Crippen MR) is 72.5 cm³/mol. The highest BCUT2D eigenvalue weighted by Gasteiger charge is 2.33. The molecule has 9 nitrogen and oxygen atoms in total. The molecule has 0 radical (unpaired) electrons. The zero-order chi connectivity index (χ0) is 14.9. The molecule has 0 bridgehead atoms. The van der Waals surface area contributed by atoms with Crippen molar-refractivity contribution in [3.63, 3.8) is 0 Å². The van der Waals surface area contributed by atoms with Gasteiger partial charge in [-0.3, -0.25) is 10.1 Å². The SMILES string of the molecule is Nc1nccnc1C1CN(S(=O)(=O)c2cn[nH]c2)CCO1. The van der Waals surface area contributed by atoms with Gasteiger partial charge < -0.3 is 10.5 Å². The number of sulfonamides is 1. The highest BCUT2D eigenvalue weighted by molar-refractivity contribution is 7.89. The summed E-state index contributed by atoms with van der Waals surface area (Å²) in [5, 5.41) is 6.17. The molecule has 1 atom stereocenters. The van der Waals surface area contributed by atoms with E-state index in [1.54, 1.807) is 0 Å². The molecule has 3 rings (SSSR count). The molecule has 10 heteroatoms. The largest absolute Gasteiger partial charge is 0.382 e. The maximum Gasteiger partial charge on any atom is 0.246 e. The third kappa shape index (κ3) is 2.60. The first-order valence-corrected chi connectivity index (χ1v) is 7.70. The maximum absolute atomic E-state index is 12.5. The lowest BCUT2D eigenvalue weighted by molar-refractivity contribution is -0.00465. The number of nitrogens with one attached hydrogen (secondary N) is 1. The molecule has 0 amide bonds. The fraction of sp³-hybridized carbons (Fsp3) is 0.364. The number of ether oxygens (including phenoxy) is 1. The number of rotatable bonds is 3. The van der Waals surface area contributed by atoms with Crippen LogP contribution in [0.3, 0.4) is 0 Å². The molecule has 112 valence electrons. The van der Waals surface area contributed by atoms with Crippen molar-refractivity contribution >= 4 is 15.8 Å². The van der Waals surface area contributed by atoms with Gasteiger partial charge in [0, 0.05) is 31.7 Å². The number of hydrogen-bond acceptors (Lipinski definition) is 7. The highest BCUT2D eigenvalue weighted by Crippen LogP contribution is 2.26. The number of nitrogens with two attached hydrogens (primary N) is 1. The van der Waals surface area contributed by atoms with E-state index in [4.69, 9.17) is 10.5 Å². The first kappa shape index (κ1) is 13.9. The van der Waals surface area contributed by atoms with E-state index >= 15 is 0 Å². The monoisotopic (exact) mass is 310 g/mol. The smallest absolute Gasteiger partial charge is 0.246 e. The van der Waals surface area contributed by atoms with Crippen molar-refractivity contribution in [2.75, 3.05) is 25.4 Å². The van der Waals surface area contributed by atoms with Gasteiger partial charge in [0.15, 0.2) is 0 Å². The lowest BCUT2D eigenvalue weighted by atomic mass is 10.2. The molecule has 21 heavy (non-hydrogen) atoms. The molecule has 0 aromatic carbocycles. The lowest BCUT2D eigenvalue weighted by Gasteiger charge is -2.31. The van der Waals surface area contributed by atoms with Crippen molar-refractivity contribution in [2.24, 2.45) is 0 Å². The Labute approximate surface area is 121 Å². The van der Waals surface area contributed by atoms with Crippen LogP contribution in [-0.4, -0.2) is 52.6 Å². The molecule has 2 aromatic heterocycles. The number of hydrogen-bond donors (Lipinski definition) is 2. The number of aromatic nitrogens is 4. The second-order valence-corrected chi connectivity index (χ2v) is 6.42. The van der Waals surface area contributed by atoms with Gasteiger partial charge in [0.25, 0.3) is 0 Å².